The van der Waals surface area contributed by atoms with Gasteiger partial charge in [0, 0.05) is 25.0 Å². The standard InChI is InChI=1S/C15H22ClN3O2/c1-3-11-7-18-8-12(16)13(11)19-5-4-15(9-20,14(17)21)6-10(19)2/h7-8,10,20H,3-6,9H2,1-2H3,(H2,17,21). The molecule has 1 aromatic rings. The molecule has 1 aliphatic heterocycles. The minimum atomic E-state index is -0.818. The summed E-state index contributed by atoms with van der Waals surface area (Å²) in [5, 5.41) is 10.2. The Morgan fingerprint density at radius 3 is 2.86 bits per heavy atom. The Morgan fingerprint density at radius 2 is 2.33 bits per heavy atom. The van der Waals surface area contributed by atoms with E-state index in [0.717, 1.165) is 17.7 Å². The van der Waals surface area contributed by atoms with Crippen molar-refractivity contribution in [3.8, 4) is 0 Å². The summed E-state index contributed by atoms with van der Waals surface area (Å²) in [5.74, 6) is -0.423. The van der Waals surface area contributed by atoms with Crippen LogP contribution in [-0.2, 0) is 11.2 Å². The zero-order chi connectivity index (χ0) is 15.6. The molecule has 6 heteroatoms. The smallest absolute Gasteiger partial charge is 0.226 e. The minimum absolute atomic E-state index is 0.0728. The average Bonchev–Trinajstić information content (AvgIpc) is 2.47. The fourth-order valence-corrected chi connectivity index (χ4v) is 3.45. The molecule has 2 atom stereocenters. The molecular weight excluding hydrogens is 290 g/mol. The number of aromatic nitrogens is 1. The van der Waals surface area contributed by atoms with E-state index in [0.29, 0.717) is 24.4 Å². The monoisotopic (exact) mass is 311 g/mol. The number of piperidine rings is 1. The van der Waals surface area contributed by atoms with Gasteiger partial charge < -0.3 is 15.7 Å². The first-order valence-corrected chi connectivity index (χ1v) is 7.62. The highest BCUT2D eigenvalue weighted by Crippen LogP contribution is 2.40. The van der Waals surface area contributed by atoms with Crippen LogP contribution in [0, 0.1) is 5.41 Å². The number of aliphatic hydroxyl groups is 1. The molecule has 0 spiro atoms. The Morgan fingerprint density at radius 1 is 1.62 bits per heavy atom. The lowest BCUT2D eigenvalue weighted by atomic mass is 9.75. The van der Waals surface area contributed by atoms with Gasteiger partial charge in [-0.3, -0.25) is 9.78 Å². The quantitative estimate of drug-likeness (QED) is 0.888. The molecule has 3 N–H and O–H groups in total. The van der Waals surface area contributed by atoms with Crippen LogP contribution in [0.1, 0.15) is 32.3 Å². The lowest BCUT2D eigenvalue weighted by Crippen LogP contribution is -2.53. The number of hydrogen-bond acceptors (Lipinski definition) is 4. The third-order valence-electron chi connectivity index (χ3n) is 4.49. The number of anilines is 1. The van der Waals surface area contributed by atoms with E-state index in [1.807, 2.05) is 13.1 Å². The largest absolute Gasteiger partial charge is 0.395 e. The second-order valence-corrected chi connectivity index (χ2v) is 6.19. The second kappa shape index (κ2) is 6.20. The third-order valence-corrected chi connectivity index (χ3v) is 4.77. The topological polar surface area (TPSA) is 79.4 Å². The molecule has 0 radical (unpaired) electrons. The maximum atomic E-state index is 11.7. The number of hydrogen-bond donors (Lipinski definition) is 2. The number of aliphatic hydroxyl groups excluding tert-OH is 1. The van der Waals surface area contributed by atoms with Crippen LogP contribution in [0.3, 0.4) is 0 Å². The van der Waals surface area contributed by atoms with Gasteiger partial charge in [-0.05, 0) is 31.7 Å². The number of carbonyl (C=O) groups excluding carboxylic acids is 1. The number of halogens is 1. The van der Waals surface area contributed by atoms with E-state index < -0.39 is 11.3 Å². The van der Waals surface area contributed by atoms with E-state index in [9.17, 15) is 9.90 Å². The first-order valence-electron chi connectivity index (χ1n) is 7.25. The molecule has 2 rings (SSSR count). The molecular formula is C15H22ClN3O2. The van der Waals surface area contributed by atoms with Gasteiger partial charge in [0.2, 0.25) is 5.91 Å². The normalized spacial score (nSPS) is 25.9. The summed E-state index contributed by atoms with van der Waals surface area (Å²) < 4.78 is 0. The van der Waals surface area contributed by atoms with Crippen molar-refractivity contribution in [2.45, 2.75) is 39.2 Å². The molecule has 116 valence electrons. The average molecular weight is 312 g/mol. The molecule has 2 unspecified atom stereocenters. The Kier molecular flexibility index (Phi) is 4.74. The fraction of sp³-hybridized carbons (Fsp3) is 0.600. The highest BCUT2D eigenvalue weighted by Gasteiger charge is 2.43. The molecule has 0 bridgehead atoms. The van der Waals surface area contributed by atoms with Crippen LogP contribution in [-0.4, -0.2) is 35.2 Å². The Hall–Kier alpha value is -1.33. The molecule has 1 amide bonds. The number of primary amides is 1. The Labute approximate surface area is 130 Å². The summed E-state index contributed by atoms with van der Waals surface area (Å²) in [6.07, 6.45) is 5.37. The second-order valence-electron chi connectivity index (χ2n) is 5.78. The van der Waals surface area contributed by atoms with Crippen molar-refractivity contribution in [2.24, 2.45) is 11.1 Å². The van der Waals surface area contributed by atoms with E-state index in [4.69, 9.17) is 17.3 Å². The molecule has 0 saturated carbocycles. The van der Waals surface area contributed by atoms with Crippen LogP contribution in [0.15, 0.2) is 12.4 Å². The van der Waals surface area contributed by atoms with Crippen molar-refractivity contribution in [3.63, 3.8) is 0 Å². The number of rotatable bonds is 4. The van der Waals surface area contributed by atoms with Gasteiger partial charge in [-0.25, -0.2) is 0 Å². The van der Waals surface area contributed by atoms with Gasteiger partial charge in [0.15, 0.2) is 0 Å². The first kappa shape index (κ1) is 16.0. The molecule has 1 aliphatic rings. The lowest BCUT2D eigenvalue weighted by molar-refractivity contribution is -0.132. The van der Waals surface area contributed by atoms with Crippen molar-refractivity contribution in [3.05, 3.63) is 23.0 Å². The minimum Gasteiger partial charge on any atom is -0.395 e. The van der Waals surface area contributed by atoms with Gasteiger partial charge in [0.05, 0.1) is 22.7 Å². The van der Waals surface area contributed by atoms with Crippen LogP contribution in [0.25, 0.3) is 0 Å². The molecule has 0 aromatic carbocycles. The zero-order valence-corrected chi connectivity index (χ0v) is 13.2. The van der Waals surface area contributed by atoms with Gasteiger partial charge in [0.1, 0.15) is 0 Å². The highest BCUT2D eigenvalue weighted by molar-refractivity contribution is 6.33. The van der Waals surface area contributed by atoms with Crippen molar-refractivity contribution in [1.29, 1.82) is 0 Å². The molecule has 1 saturated heterocycles. The molecule has 21 heavy (non-hydrogen) atoms. The van der Waals surface area contributed by atoms with Gasteiger partial charge in [0.25, 0.3) is 0 Å². The molecule has 2 heterocycles. The lowest BCUT2D eigenvalue weighted by Gasteiger charge is -2.45. The maximum absolute atomic E-state index is 11.7. The first-order chi connectivity index (χ1) is 9.95. The van der Waals surface area contributed by atoms with Crippen LogP contribution in [0.2, 0.25) is 5.02 Å². The van der Waals surface area contributed by atoms with Gasteiger partial charge in [-0.2, -0.15) is 0 Å². The molecule has 1 aromatic heterocycles. The highest BCUT2D eigenvalue weighted by atomic mass is 35.5. The Bertz CT molecular complexity index is 538. The molecule has 5 nitrogen and oxygen atoms in total. The number of carbonyl (C=O) groups is 1. The predicted molar refractivity (Wildman–Crippen MR) is 83.4 cm³/mol. The summed E-state index contributed by atoms with van der Waals surface area (Å²) in [5.41, 5.74) is 6.75. The Balaban J connectivity index is 2.32. The van der Waals surface area contributed by atoms with Crippen molar-refractivity contribution in [1.82, 2.24) is 4.98 Å². The van der Waals surface area contributed by atoms with Crippen molar-refractivity contribution in [2.75, 3.05) is 18.1 Å². The van der Waals surface area contributed by atoms with Gasteiger partial charge >= 0.3 is 0 Å². The van der Waals surface area contributed by atoms with E-state index in [2.05, 4.69) is 16.8 Å². The SMILES string of the molecule is CCc1cncc(Cl)c1N1CCC(CO)(C(N)=O)CC1C. The summed E-state index contributed by atoms with van der Waals surface area (Å²) in [6, 6.07) is 0.0728. The van der Waals surface area contributed by atoms with Crippen LogP contribution >= 0.6 is 11.6 Å². The summed E-state index contributed by atoms with van der Waals surface area (Å²) in [4.78, 5) is 18.0. The number of nitrogens with two attached hydrogens (primary N) is 1. The van der Waals surface area contributed by atoms with Crippen LogP contribution < -0.4 is 10.6 Å². The molecule has 1 fully saturated rings. The number of amides is 1. The molecule has 0 aliphatic carbocycles. The number of pyridine rings is 1. The van der Waals surface area contributed by atoms with Gasteiger partial charge in [-0.15, -0.1) is 0 Å². The summed E-state index contributed by atoms with van der Waals surface area (Å²) in [7, 11) is 0. The predicted octanol–water partition coefficient (Wildman–Crippen LogP) is 1.75. The van der Waals surface area contributed by atoms with E-state index in [-0.39, 0.29) is 12.6 Å². The van der Waals surface area contributed by atoms with Crippen LogP contribution in [0.4, 0.5) is 5.69 Å². The fourth-order valence-electron chi connectivity index (χ4n) is 3.16. The zero-order valence-electron chi connectivity index (χ0n) is 12.5. The van der Waals surface area contributed by atoms with E-state index in [1.165, 1.54) is 0 Å². The van der Waals surface area contributed by atoms with E-state index >= 15 is 0 Å². The number of aryl methyl sites for hydroxylation is 1. The summed E-state index contributed by atoms with van der Waals surface area (Å²) >= 11 is 6.33. The van der Waals surface area contributed by atoms with Crippen molar-refractivity contribution < 1.29 is 9.90 Å². The third kappa shape index (κ3) is 2.85. The van der Waals surface area contributed by atoms with Crippen molar-refractivity contribution >= 4 is 23.2 Å². The van der Waals surface area contributed by atoms with Crippen LogP contribution in [0.5, 0.6) is 0 Å². The van der Waals surface area contributed by atoms with E-state index in [1.54, 1.807) is 6.20 Å². The number of nitrogens with zero attached hydrogens (tertiary/aromatic N) is 2. The maximum Gasteiger partial charge on any atom is 0.226 e. The summed E-state index contributed by atoms with van der Waals surface area (Å²) in [6.45, 7) is 4.53. The van der Waals surface area contributed by atoms with Gasteiger partial charge in [-0.1, -0.05) is 18.5 Å².